The van der Waals surface area contributed by atoms with Crippen molar-refractivity contribution in [3.8, 4) is 0 Å². The zero-order valence-electron chi connectivity index (χ0n) is 10.2. The first-order chi connectivity index (χ1) is 7.35. The Kier molecular flexibility index (Phi) is 7.33. The van der Waals surface area contributed by atoms with Crippen molar-refractivity contribution in [3.05, 3.63) is 0 Å². The topological polar surface area (TPSA) is 63.7 Å². The number of hydrogen-bond acceptors (Lipinski definition) is 5. The van der Waals surface area contributed by atoms with Crippen LogP contribution in [0.25, 0.3) is 0 Å². The Morgan fingerprint density at radius 3 is 2.31 bits per heavy atom. The van der Waals surface area contributed by atoms with Crippen molar-refractivity contribution >= 4 is 15.8 Å². The number of methoxy groups -OCH3 is 1. The molecule has 0 fully saturated rings. The highest BCUT2D eigenvalue weighted by molar-refractivity contribution is 7.90. The predicted molar refractivity (Wildman–Crippen MR) is 63.1 cm³/mol. The molecule has 0 bridgehead atoms. The Bertz CT molecular complexity index is 300. The van der Waals surface area contributed by atoms with E-state index >= 15 is 0 Å². The van der Waals surface area contributed by atoms with Gasteiger partial charge in [-0.15, -0.1) is 0 Å². The molecule has 0 aromatic rings. The second-order valence-corrected chi connectivity index (χ2v) is 6.23. The number of carbonyl (C=O) groups excluding carboxylic acids is 1. The van der Waals surface area contributed by atoms with Gasteiger partial charge in [-0.05, 0) is 33.0 Å². The third-order valence-electron chi connectivity index (χ3n) is 2.20. The highest BCUT2D eigenvalue weighted by Gasteiger charge is 2.05. The van der Waals surface area contributed by atoms with Crippen LogP contribution < -0.4 is 0 Å². The van der Waals surface area contributed by atoms with Gasteiger partial charge in [0, 0.05) is 12.7 Å². The number of nitrogens with zero attached hydrogens (tertiary/aromatic N) is 1. The van der Waals surface area contributed by atoms with Crippen LogP contribution in [0.4, 0.5) is 0 Å². The number of rotatable bonds is 8. The van der Waals surface area contributed by atoms with Gasteiger partial charge in [-0.1, -0.05) is 0 Å². The molecule has 0 unspecified atom stereocenters. The summed E-state index contributed by atoms with van der Waals surface area (Å²) in [5.41, 5.74) is 0. The van der Waals surface area contributed by atoms with Crippen LogP contribution >= 0.6 is 0 Å². The quantitative estimate of drug-likeness (QED) is 0.581. The van der Waals surface area contributed by atoms with Crippen LogP contribution in [0.5, 0.6) is 0 Å². The van der Waals surface area contributed by atoms with Crippen molar-refractivity contribution in [1.29, 1.82) is 0 Å². The molecular weight excluding hydrogens is 230 g/mol. The van der Waals surface area contributed by atoms with Crippen LogP contribution in [-0.2, 0) is 19.4 Å². The molecule has 0 aliphatic heterocycles. The number of carbonyl (C=O) groups is 1. The van der Waals surface area contributed by atoms with Crippen molar-refractivity contribution in [2.24, 2.45) is 0 Å². The van der Waals surface area contributed by atoms with Gasteiger partial charge < -0.3 is 9.64 Å². The molecule has 0 aliphatic rings. The van der Waals surface area contributed by atoms with Gasteiger partial charge in [0.05, 0.1) is 12.9 Å². The molecule has 0 radical (unpaired) electrons. The number of esters is 1. The second kappa shape index (κ2) is 7.62. The maximum atomic E-state index is 10.9. The van der Waals surface area contributed by atoms with Gasteiger partial charge in [0.15, 0.2) is 0 Å². The molecule has 0 rings (SSSR count). The van der Waals surface area contributed by atoms with E-state index in [1.54, 1.807) is 0 Å². The van der Waals surface area contributed by atoms with E-state index in [4.69, 9.17) is 0 Å². The van der Waals surface area contributed by atoms with E-state index in [0.29, 0.717) is 12.8 Å². The van der Waals surface area contributed by atoms with E-state index in [9.17, 15) is 13.2 Å². The summed E-state index contributed by atoms with van der Waals surface area (Å²) in [5, 5.41) is 0. The first kappa shape index (κ1) is 15.4. The van der Waals surface area contributed by atoms with Crippen LogP contribution in [0.3, 0.4) is 0 Å². The summed E-state index contributed by atoms with van der Waals surface area (Å²) in [6, 6.07) is 0. The molecule has 0 aliphatic carbocycles. The van der Waals surface area contributed by atoms with Gasteiger partial charge >= 0.3 is 5.97 Å². The lowest BCUT2D eigenvalue weighted by Gasteiger charge is -2.15. The molecule has 0 saturated heterocycles. The molecular formula is C10H21NO4S. The monoisotopic (exact) mass is 251 g/mol. The zero-order chi connectivity index (χ0) is 12.6. The van der Waals surface area contributed by atoms with Gasteiger partial charge in [-0.3, -0.25) is 4.79 Å². The second-order valence-electron chi connectivity index (χ2n) is 3.97. The van der Waals surface area contributed by atoms with Gasteiger partial charge in [-0.2, -0.15) is 0 Å². The maximum absolute atomic E-state index is 10.9. The molecule has 5 nitrogen and oxygen atoms in total. The summed E-state index contributed by atoms with van der Waals surface area (Å²) in [6.45, 7) is 1.51. The Hall–Kier alpha value is -0.620. The highest BCUT2D eigenvalue weighted by Crippen LogP contribution is 1.97. The molecule has 16 heavy (non-hydrogen) atoms. The lowest BCUT2D eigenvalue weighted by atomic mass is 10.3. The minimum atomic E-state index is -2.86. The molecule has 0 spiro atoms. The summed E-state index contributed by atoms with van der Waals surface area (Å²) < 4.78 is 26.3. The minimum Gasteiger partial charge on any atom is -0.469 e. The molecule has 0 aromatic heterocycles. The smallest absolute Gasteiger partial charge is 0.305 e. The summed E-state index contributed by atoms with van der Waals surface area (Å²) in [4.78, 5) is 12.8. The SMILES string of the molecule is COC(=O)CCCN(C)CCCS(C)(=O)=O. The van der Waals surface area contributed by atoms with Crippen LogP contribution in [-0.4, -0.2) is 58.5 Å². The van der Waals surface area contributed by atoms with Crippen molar-refractivity contribution in [2.75, 3.05) is 39.3 Å². The maximum Gasteiger partial charge on any atom is 0.305 e. The summed E-state index contributed by atoms with van der Waals surface area (Å²) in [7, 11) is 0.431. The standard InChI is InChI=1S/C10H21NO4S/c1-11(7-4-6-10(12)15-2)8-5-9-16(3,13)14/h4-9H2,1-3H3. The Morgan fingerprint density at radius 2 is 1.81 bits per heavy atom. The Labute approximate surface area is 97.7 Å². The minimum absolute atomic E-state index is 0.204. The fourth-order valence-electron chi connectivity index (χ4n) is 1.30. The lowest BCUT2D eigenvalue weighted by molar-refractivity contribution is -0.140. The molecule has 0 saturated carbocycles. The van der Waals surface area contributed by atoms with Gasteiger partial charge in [-0.25, -0.2) is 8.42 Å². The van der Waals surface area contributed by atoms with Crippen LogP contribution in [0.1, 0.15) is 19.3 Å². The van der Waals surface area contributed by atoms with E-state index in [1.807, 2.05) is 11.9 Å². The number of hydrogen-bond donors (Lipinski definition) is 0. The predicted octanol–water partition coefficient (Wildman–Crippen LogP) is 0.306. The summed E-state index contributed by atoms with van der Waals surface area (Å²) >= 11 is 0. The number of ether oxygens (including phenoxy) is 1. The Balaban J connectivity index is 3.52. The van der Waals surface area contributed by atoms with Crippen LogP contribution in [0, 0.1) is 0 Å². The fraction of sp³-hybridized carbons (Fsp3) is 0.900. The van der Waals surface area contributed by atoms with Crippen molar-refractivity contribution in [2.45, 2.75) is 19.3 Å². The van der Waals surface area contributed by atoms with Gasteiger partial charge in [0.1, 0.15) is 9.84 Å². The summed E-state index contributed by atoms with van der Waals surface area (Å²) in [6.07, 6.45) is 3.02. The average molecular weight is 251 g/mol. The van der Waals surface area contributed by atoms with E-state index < -0.39 is 9.84 Å². The normalized spacial score (nSPS) is 11.8. The number of sulfone groups is 1. The van der Waals surface area contributed by atoms with E-state index in [0.717, 1.165) is 19.5 Å². The first-order valence-corrected chi connectivity index (χ1v) is 7.34. The van der Waals surface area contributed by atoms with Gasteiger partial charge in [0.2, 0.25) is 0 Å². The molecule has 0 amide bonds. The molecule has 0 aromatic carbocycles. The largest absolute Gasteiger partial charge is 0.469 e. The average Bonchev–Trinajstić information content (AvgIpc) is 2.15. The van der Waals surface area contributed by atoms with Gasteiger partial charge in [0.25, 0.3) is 0 Å². The van der Waals surface area contributed by atoms with E-state index in [1.165, 1.54) is 13.4 Å². The molecule has 6 heteroatoms. The van der Waals surface area contributed by atoms with Crippen LogP contribution in [0.2, 0.25) is 0 Å². The van der Waals surface area contributed by atoms with Crippen molar-refractivity contribution in [1.82, 2.24) is 4.90 Å². The first-order valence-electron chi connectivity index (χ1n) is 5.28. The van der Waals surface area contributed by atoms with E-state index in [-0.39, 0.29) is 11.7 Å². The Morgan fingerprint density at radius 1 is 1.25 bits per heavy atom. The molecule has 0 N–H and O–H groups in total. The molecule has 0 atom stereocenters. The zero-order valence-corrected chi connectivity index (χ0v) is 11.0. The summed E-state index contributed by atoms with van der Waals surface area (Å²) in [5.74, 6) is 0.0125. The third kappa shape index (κ3) is 9.92. The lowest BCUT2D eigenvalue weighted by Crippen LogP contribution is -2.23. The molecule has 0 heterocycles. The van der Waals surface area contributed by atoms with Crippen LogP contribution in [0.15, 0.2) is 0 Å². The van der Waals surface area contributed by atoms with Crippen molar-refractivity contribution in [3.63, 3.8) is 0 Å². The van der Waals surface area contributed by atoms with E-state index in [2.05, 4.69) is 4.74 Å². The molecule has 96 valence electrons. The third-order valence-corrected chi connectivity index (χ3v) is 3.23. The van der Waals surface area contributed by atoms with Crippen molar-refractivity contribution < 1.29 is 17.9 Å². The fourth-order valence-corrected chi connectivity index (χ4v) is 1.96. The highest BCUT2D eigenvalue weighted by atomic mass is 32.2.